The summed E-state index contributed by atoms with van der Waals surface area (Å²) in [5.41, 5.74) is 8.30. The summed E-state index contributed by atoms with van der Waals surface area (Å²) in [7, 11) is 0. The minimum atomic E-state index is -0.339. The molecular weight excluding hydrogens is 961 g/mol. The average molecular weight is 1020 g/mol. The molecule has 0 aliphatic rings. The van der Waals surface area contributed by atoms with Crippen LogP contribution in [0.4, 0.5) is 0 Å². The van der Waals surface area contributed by atoms with Crippen molar-refractivity contribution in [3.05, 3.63) is 289 Å². The van der Waals surface area contributed by atoms with Gasteiger partial charge in [0.25, 0.3) is 0 Å². The molecule has 0 saturated carbocycles. The number of hydrogen-bond donors (Lipinski definition) is 0. The van der Waals surface area contributed by atoms with E-state index in [1.54, 1.807) is 0 Å². The molecule has 6 nitrogen and oxygen atoms in total. The quantitative estimate of drug-likeness (QED) is 0.0669. The minimum absolute atomic E-state index is 0.301. The highest BCUT2D eigenvalue weighted by molar-refractivity contribution is 6.10. The third-order valence-corrected chi connectivity index (χ3v) is 14.3. The predicted octanol–water partition coefficient (Wildman–Crippen LogP) is 17.5. The first kappa shape index (κ1) is 49.7. The molecule has 12 rings (SSSR count). The van der Waals surface area contributed by atoms with Crippen molar-refractivity contribution in [1.29, 1.82) is 0 Å². The summed E-state index contributed by atoms with van der Waals surface area (Å²) in [6.45, 7) is 2.28. The first-order chi connectivity index (χ1) is 38.7. The van der Waals surface area contributed by atoms with E-state index in [1.165, 1.54) is 0 Å². The van der Waals surface area contributed by atoms with Crippen LogP contribution in [0.25, 0.3) is 65.3 Å². The first-order valence-corrected chi connectivity index (χ1v) is 26.8. The van der Waals surface area contributed by atoms with Crippen molar-refractivity contribution in [2.24, 2.45) is 0 Å². The van der Waals surface area contributed by atoms with Gasteiger partial charge in [0.2, 0.25) is 0 Å². The largest absolute Gasteiger partial charge is 0.491 e. The van der Waals surface area contributed by atoms with Crippen LogP contribution in [-0.2, 0) is 9.47 Å². The van der Waals surface area contributed by atoms with E-state index in [4.69, 9.17) is 28.4 Å². The lowest BCUT2D eigenvalue weighted by Gasteiger charge is -2.24. The standard InChI is InChI=1S/C72H58O6/c1-5-24-54(25-6-1)71(55-26-7-2-8-27-55)77-59-49-58-32-16-17-33-60(58)64(50-59)68-61-34-18-13-21-51(61)37-40-65(68)75-47-45-73-43-44-74-46-48-76-66-41-38-52-22-14-19-35-62(52)69(66)70-63-36-20-15-23-53(63)39-42-67(70)78-72(56-28-9-3-10-29-56)57-30-11-4-12-31-57/h1-42,49-50,71-72H,43-48H2. The number of hydrogen-bond acceptors (Lipinski definition) is 6. The molecule has 6 heteroatoms. The second kappa shape index (κ2) is 23.8. The Kier molecular flexibility index (Phi) is 15.1. The zero-order valence-electron chi connectivity index (χ0n) is 43.3. The Morgan fingerprint density at radius 3 is 1.08 bits per heavy atom. The maximum absolute atomic E-state index is 7.20. The fourth-order valence-electron chi connectivity index (χ4n) is 10.6. The second-order valence-electron chi connectivity index (χ2n) is 19.2. The van der Waals surface area contributed by atoms with Crippen LogP contribution in [0.3, 0.4) is 0 Å². The highest BCUT2D eigenvalue weighted by atomic mass is 16.6. The van der Waals surface area contributed by atoms with Gasteiger partial charge in [-0.2, -0.15) is 0 Å². The molecule has 0 N–H and O–H groups in total. The van der Waals surface area contributed by atoms with Gasteiger partial charge in [0.1, 0.15) is 48.4 Å². The van der Waals surface area contributed by atoms with Gasteiger partial charge in [-0.25, -0.2) is 0 Å². The third kappa shape index (κ3) is 10.9. The summed E-state index contributed by atoms with van der Waals surface area (Å²) in [5.74, 6) is 3.07. The number of ether oxygens (including phenoxy) is 6. The molecule has 0 saturated heterocycles. The SMILES string of the molecule is c1ccc(C(Oc2cc(-c3c(OCCOCCOCCOc4ccc5ccccc5c4-c4c(OC(c5ccccc5)c5ccccc5)ccc5ccccc45)ccc4ccccc34)c3ccccc3c2)c2ccccc2)cc1. The van der Waals surface area contributed by atoms with Crippen LogP contribution >= 0.6 is 0 Å². The Morgan fingerprint density at radius 1 is 0.256 bits per heavy atom. The summed E-state index contributed by atoms with van der Waals surface area (Å²) in [5, 5.41) is 8.79. The molecular formula is C72H58O6. The number of benzene rings is 12. The Labute approximate surface area is 455 Å². The van der Waals surface area contributed by atoms with Gasteiger partial charge in [-0.1, -0.05) is 237 Å². The van der Waals surface area contributed by atoms with Crippen LogP contribution < -0.4 is 18.9 Å². The van der Waals surface area contributed by atoms with Crippen molar-refractivity contribution in [2.45, 2.75) is 12.2 Å². The van der Waals surface area contributed by atoms with E-state index in [2.05, 4.69) is 243 Å². The molecule has 0 radical (unpaired) electrons. The van der Waals surface area contributed by atoms with Crippen LogP contribution in [0.5, 0.6) is 23.0 Å². The maximum Gasteiger partial charge on any atom is 0.149 e. The van der Waals surface area contributed by atoms with Crippen molar-refractivity contribution in [3.8, 4) is 45.3 Å². The Hall–Kier alpha value is -9.20. The fourth-order valence-corrected chi connectivity index (χ4v) is 10.6. The molecule has 0 unspecified atom stereocenters. The summed E-state index contributed by atoms with van der Waals surface area (Å²) in [6, 6.07) is 92.4. The van der Waals surface area contributed by atoms with Crippen molar-refractivity contribution < 1.29 is 28.4 Å². The molecule has 12 aromatic rings. The lowest BCUT2D eigenvalue weighted by atomic mass is 9.92. The Balaban J connectivity index is 0.729. The van der Waals surface area contributed by atoms with Crippen LogP contribution in [0.1, 0.15) is 34.5 Å². The number of fused-ring (bicyclic) bond motifs is 4. The van der Waals surface area contributed by atoms with Gasteiger partial charge in [0.15, 0.2) is 0 Å². The highest BCUT2D eigenvalue weighted by Gasteiger charge is 2.24. The monoisotopic (exact) mass is 1020 g/mol. The van der Waals surface area contributed by atoms with Gasteiger partial charge in [0.05, 0.1) is 26.4 Å². The lowest BCUT2D eigenvalue weighted by molar-refractivity contribution is 0.0275. The third-order valence-electron chi connectivity index (χ3n) is 14.3. The van der Waals surface area contributed by atoms with Gasteiger partial charge in [-0.05, 0) is 101 Å². The average Bonchev–Trinajstić information content (AvgIpc) is 3.61. The smallest absolute Gasteiger partial charge is 0.149 e. The molecule has 0 aliphatic heterocycles. The summed E-state index contributed by atoms with van der Waals surface area (Å²) in [4.78, 5) is 0. The van der Waals surface area contributed by atoms with Crippen molar-refractivity contribution in [2.75, 3.05) is 39.6 Å². The normalized spacial score (nSPS) is 11.5. The van der Waals surface area contributed by atoms with Crippen LogP contribution in [0, 0.1) is 0 Å². The van der Waals surface area contributed by atoms with Crippen molar-refractivity contribution >= 4 is 43.1 Å². The molecule has 0 amide bonds. The first-order valence-electron chi connectivity index (χ1n) is 26.8. The van der Waals surface area contributed by atoms with E-state index >= 15 is 0 Å². The Bertz CT molecular complexity index is 3860. The summed E-state index contributed by atoms with van der Waals surface area (Å²) < 4.78 is 39.8. The van der Waals surface area contributed by atoms with E-state index in [9.17, 15) is 0 Å². The second-order valence-corrected chi connectivity index (χ2v) is 19.2. The van der Waals surface area contributed by atoms with Gasteiger partial charge in [0, 0.05) is 16.7 Å². The zero-order valence-corrected chi connectivity index (χ0v) is 43.3. The minimum Gasteiger partial charge on any atom is -0.491 e. The Morgan fingerprint density at radius 2 is 0.603 bits per heavy atom. The van der Waals surface area contributed by atoms with Crippen LogP contribution in [0.2, 0.25) is 0 Å². The van der Waals surface area contributed by atoms with E-state index < -0.39 is 0 Å². The van der Waals surface area contributed by atoms with E-state index in [0.29, 0.717) is 39.6 Å². The fraction of sp³-hybridized carbons (Fsp3) is 0.111. The molecule has 78 heavy (non-hydrogen) atoms. The maximum atomic E-state index is 7.20. The summed E-state index contributed by atoms with van der Waals surface area (Å²) in [6.07, 6.45) is -0.640. The van der Waals surface area contributed by atoms with Crippen molar-refractivity contribution in [1.82, 2.24) is 0 Å². The van der Waals surface area contributed by atoms with Gasteiger partial charge in [-0.3, -0.25) is 0 Å². The molecule has 0 aromatic heterocycles. The predicted molar refractivity (Wildman–Crippen MR) is 317 cm³/mol. The molecule has 0 atom stereocenters. The topological polar surface area (TPSA) is 55.4 Å². The van der Waals surface area contributed by atoms with E-state index in [0.717, 1.165) is 111 Å². The summed E-state index contributed by atoms with van der Waals surface area (Å²) >= 11 is 0. The van der Waals surface area contributed by atoms with Gasteiger partial charge < -0.3 is 28.4 Å². The number of rotatable bonds is 21. The van der Waals surface area contributed by atoms with Crippen LogP contribution in [-0.4, -0.2) is 39.6 Å². The molecule has 0 fully saturated rings. The van der Waals surface area contributed by atoms with E-state index in [-0.39, 0.29) is 12.2 Å². The molecule has 382 valence electrons. The van der Waals surface area contributed by atoms with Gasteiger partial charge >= 0.3 is 0 Å². The molecule has 12 aromatic carbocycles. The molecule has 0 spiro atoms. The molecule has 0 bridgehead atoms. The van der Waals surface area contributed by atoms with Crippen molar-refractivity contribution in [3.63, 3.8) is 0 Å². The van der Waals surface area contributed by atoms with Gasteiger partial charge in [-0.15, -0.1) is 0 Å². The lowest BCUT2D eigenvalue weighted by Crippen LogP contribution is -2.14. The van der Waals surface area contributed by atoms with E-state index in [1.807, 2.05) is 24.3 Å². The van der Waals surface area contributed by atoms with Crippen LogP contribution in [0.15, 0.2) is 267 Å². The zero-order chi connectivity index (χ0) is 52.3. The highest BCUT2D eigenvalue weighted by Crippen LogP contribution is 2.48. The molecule has 0 aliphatic carbocycles. The molecule has 0 heterocycles.